The molecule has 1 unspecified atom stereocenters. The highest BCUT2D eigenvalue weighted by Crippen LogP contribution is 2.31. The monoisotopic (exact) mass is 226 g/mol. The second kappa shape index (κ2) is 4.68. The quantitative estimate of drug-likeness (QED) is 0.691. The van der Waals surface area contributed by atoms with Gasteiger partial charge in [0.05, 0.1) is 0 Å². The van der Waals surface area contributed by atoms with Crippen LogP contribution in [0.3, 0.4) is 0 Å². The maximum atomic E-state index is 11.9. The Morgan fingerprint density at radius 3 is 2.25 bits per heavy atom. The first-order valence-electron chi connectivity index (χ1n) is 5.48. The predicted octanol–water partition coefficient (Wildman–Crippen LogP) is 2.04. The molecule has 4 nitrogen and oxygen atoms in total. The van der Waals surface area contributed by atoms with Crippen molar-refractivity contribution in [1.82, 2.24) is 0 Å². The fourth-order valence-electron chi connectivity index (χ4n) is 1.58. The molecule has 0 saturated heterocycles. The molecule has 16 heavy (non-hydrogen) atoms. The molecule has 1 aliphatic rings. The summed E-state index contributed by atoms with van der Waals surface area (Å²) in [6, 6.07) is 0. The van der Waals surface area contributed by atoms with E-state index in [1.54, 1.807) is 0 Å². The van der Waals surface area contributed by atoms with Gasteiger partial charge in [0, 0.05) is 12.8 Å². The molecule has 0 aromatic rings. The van der Waals surface area contributed by atoms with Crippen LogP contribution in [-0.4, -0.2) is 17.9 Å². The number of Topliss-reactive ketones (excluding diaryl/α,β-unsaturated/α-hetero) is 1. The van der Waals surface area contributed by atoms with E-state index in [0.29, 0.717) is 5.76 Å². The Hall–Kier alpha value is -1.32. The zero-order valence-corrected chi connectivity index (χ0v) is 10.4. The first-order chi connectivity index (χ1) is 7.34. The number of carbonyl (C=O) groups is 2. The molecular formula is C12H18O4. The fourth-order valence-corrected chi connectivity index (χ4v) is 1.58. The lowest BCUT2D eigenvalue weighted by atomic mass is 10.0. The Morgan fingerprint density at radius 2 is 1.88 bits per heavy atom. The van der Waals surface area contributed by atoms with Gasteiger partial charge in [0.1, 0.15) is 5.76 Å². The van der Waals surface area contributed by atoms with Crippen LogP contribution in [0.5, 0.6) is 0 Å². The standard InChI is InChI=1S/C12H18O4/c1-6(2)10-9(14)12(15-8(5)13)11(16-10)7(3)4/h6-7,10H,1-5H3. The predicted molar refractivity (Wildman–Crippen MR) is 58.3 cm³/mol. The number of rotatable bonds is 3. The summed E-state index contributed by atoms with van der Waals surface area (Å²) in [6.07, 6.45) is -0.522. The van der Waals surface area contributed by atoms with Crippen LogP contribution in [0.15, 0.2) is 11.5 Å². The van der Waals surface area contributed by atoms with Crippen LogP contribution in [0.4, 0.5) is 0 Å². The summed E-state index contributed by atoms with van der Waals surface area (Å²) >= 11 is 0. The van der Waals surface area contributed by atoms with Gasteiger partial charge >= 0.3 is 5.97 Å². The van der Waals surface area contributed by atoms with Crippen LogP contribution < -0.4 is 0 Å². The molecule has 0 bridgehead atoms. The van der Waals surface area contributed by atoms with Crippen LogP contribution in [0, 0.1) is 11.8 Å². The van der Waals surface area contributed by atoms with E-state index in [4.69, 9.17) is 9.47 Å². The second-order valence-corrected chi connectivity index (χ2v) is 4.59. The average Bonchev–Trinajstić information content (AvgIpc) is 2.43. The molecule has 0 N–H and O–H groups in total. The topological polar surface area (TPSA) is 52.6 Å². The van der Waals surface area contributed by atoms with Crippen molar-refractivity contribution in [3.05, 3.63) is 11.5 Å². The Bertz CT molecular complexity index is 339. The molecule has 1 aliphatic heterocycles. The summed E-state index contributed by atoms with van der Waals surface area (Å²) in [5.74, 6) is -0.0557. The summed E-state index contributed by atoms with van der Waals surface area (Å²) in [7, 11) is 0. The molecule has 1 heterocycles. The Balaban J connectivity index is 2.99. The van der Waals surface area contributed by atoms with Gasteiger partial charge in [0.15, 0.2) is 6.10 Å². The van der Waals surface area contributed by atoms with Crippen molar-refractivity contribution >= 4 is 11.8 Å². The third kappa shape index (κ3) is 2.43. The van der Waals surface area contributed by atoms with Gasteiger partial charge in [0.25, 0.3) is 0 Å². The zero-order valence-electron chi connectivity index (χ0n) is 10.4. The summed E-state index contributed by atoms with van der Waals surface area (Å²) in [4.78, 5) is 22.9. The van der Waals surface area contributed by atoms with Crippen molar-refractivity contribution in [2.45, 2.75) is 40.7 Å². The molecule has 4 heteroatoms. The highest BCUT2D eigenvalue weighted by Gasteiger charge is 2.40. The lowest BCUT2D eigenvalue weighted by molar-refractivity contribution is -0.140. The van der Waals surface area contributed by atoms with Gasteiger partial charge in [-0.05, 0) is 5.92 Å². The smallest absolute Gasteiger partial charge is 0.308 e. The van der Waals surface area contributed by atoms with E-state index < -0.39 is 12.1 Å². The van der Waals surface area contributed by atoms with Crippen LogP contribution in [-0.2, 0) is 19.1 Å². The normalized spacial score (nSPS) is 20.7. The summed E-state index contributed by atoms with van der Waals surface area (Å²) in [5.41, 5.74) is 0. The van der Waals surface area contributed by atoms with Crippen molar-refractivity contribution < 1.29 is 19.1 Å². The Morgan fingerprint density at radius 1 is 1.31 bits per heavy atom. The molecule has 0 aliphatic carbocycles. The lowest BCUT2D eigenvalue weighted by Crippen LogP contribution is -2.25. The van der Waals surface area contributed by atoms with Crippen molar-refractivity contribution in [1.29, 1.82) is 0 Å². The number of esters is 1. The molecule has 1 atom stereocenters. The molecule has 0 aromatic heterocycles. The number of ketones is 1. The van der Waals surface area contributed by atoms with Crippen LogP contribution in [0.25, 0.3) is 0 Å². The molecule has 90 valence electrons. The van der Waals surface area contributed by atoms with E-state index in [1.807, 2.05) is 27.7 Å². The summed E-state index contributed by atoms with van der Waals surface area (Å²) in [6.45, 7) is 8.87. The minimum atomic E-state index is -0.522. The van der Waals surface area contributed by atoms with Crippen LogP contribution >= 0.6 is 0 Å². The van der Waals surface area contributed by atoms with Gasteiger partial charge in [-0.3, -0.25) is 9.59 Å². The second-order valence-electron chi connectivity index (χ2n) is 4.59. The van der Waals surface area contributed by atoms with E-state index in [0.717, 1.165) is 0 Å². The fraction of sp³-hybridized carbons (Fsp3) is 0.667. The third-order valence-corrected chi connectivity index (χ3v) is 2.34. The highest BCUT2D eigenvalue weighted by atomic mass is 16.6. The molecule has 0 saturated carbocycles. The molecule has 0 aromatic carbocycles. The van der Waals surface area contributed by atoms with Gasteiger partial charge in [-0.2, -0.15) is 0 Å². The number of allylic oxidation sites excluding steroid dienone is 1. The lowest BCUT2D eigenvalue weighted by Gasteiger charge is -2.15. The van der Waals surface area contributed by atoms with E-state index >= 15 is 0 Å². The average molecular weight is 226 g/mol. The number of carbonyl (C=O) groups excluding carboxylic acids is 2. The molecule has 0 fully saturated rings. The van der Waals surface area contributed by atoms with E-state index in [-0.39, 0.29) is 23.4 Å². The van der Waals surface area contributed by atoms with Crippen molar-refractivity contribution in [3.8, 4) is 0 Å². The Kier molecular flexibility index (Phi) is 3.73. The largest absolute Gasteiger partial charge is 0.482 e. The minimum Gasteiger partial charge on any atom is -0.482 e. The zero-order chi connectivity index (χ0) is 12.5. The summed E-state index contributed by atoms with van der Waals surface area (Å²) in [5, 5.41) is 0. The molecule has 1 rings (SSSR count). The summed E-state index contributed by atoms with van der Waals surface area (Å²) < 4.78 is 10.5. The number of hydrogen-bond donors (Lipinski definition) is 0. The number of ether oxygens (including phenoxy) is 2. The Labute approximate surface area is 95.6 Å². The van der Waals surface area contributed by atoms with Gasteiger partial charge in [0.2, 0.25) is 11.5 Å². The molecular weight excluding hydrogens is 208 g/mol. The molecule has 0 spiro atoms. The maximum Gasteiger partial charge on any atom is 0.308 e. The molecule has 0 radical (unpaired) electrons. The first kappa shape index (κ1) is 12.7. The maximum absolute atomic E-state index is 11.9. The van der Waals surface area contributed by atoms with Crippen molar-refractivity contribution in [2.75, 3.05) is 0 Å². The van der Waals surface area contributed by atoms with Crippen molar-refractivity contribution in [3.63, 3.8) is 0 Å². The van der Waals surface area contributed by atoms with Gasteiger partial charge in [-0.25, -0.2) is 0 Å². The SMILES string of the molecule is CC(=O)OC1=C(C(C)C)OC(C(C)C)C1=O. The third-order valence-electron chi connectivity index (χ3n) is 2.34. The van der Waals surface area contributed by atoms with Crippen LogP contribution in [0.1, 0.15) is 34.6 Å². The highest BCUT2D eigenvalue weighted by molar-refractivity contribution is 6.01. The van der Waals surface area contributed by atoms with E-state index in [2.05, 4.69) is 0 Å². The van der Waals surface area contributed by atoms with Crippen molar-refractivity contribution in [2.24, 2.45) is 11.8 Å². The van der Waals surface area contributed by atoms with E-state index in [9.17, 15) is 9.59 Å². The van der Waals surface area contributed by atoms with Gasteiger partial charge in [-0.15, -0.1) is 0 Å². The van der Waals surface area contributed by atoms with Gasteiger partial charge < -0.3 is 9.47 Å². The van der Waals surface area contributed by atoms with Gasteiger partial charge in [-0.1, -0.05) is 27.7 Å². The minimum absolute atomic E-state index is 0.0297. The first-order valence-corrected chi connectivity index (χ1v) is 5.48. The molecule has 0 amide bonds. The van der Waals surface area contributed by atoms with E-state index in [1.165, 1.54) is 6.92 Å². The number of hydrogen-bond acceptors (Lipinski definition) is 4. The van der Waals surface area contributed by atoms with Crippen LogP contribution in [0.2, 0.25) is 0 Å².